The number of anilines is 1. The number of aliphatic hydroxyl groups is 1. The lowest BCUT2D eigenvalue weighted by molar-refractivity contribution is -0.401. The standard InChI is InChI=1S/C109H154N2O11/c1-31-39-92-116-79(61-89(120-92)107(23,24)102(13,14)66-80-62-91(121-96(119-80)74-44-37-46-76(113)58-74)109(27,28)103(15,16)68-88(114)106(21,22)100(9,10)67-81(115-69(2)112)64-99(6,7)8)65-101(11,12)108(25,26)90-60-78(63-98(3,4)5)118-97(122-90)75-45-38-47-77(59-75)117-95-72(52-56-86-104(17,18)93-82-48-34-32-40-70(82)50-54-84(93)110(86)29)42-36-43-73(95)53-57-87-105(19,20)94-83-49-35-33-41-71(83)51-55-85(94)111(87)30/h32-35,37-38,40-41,44-59,78-81,88-92,96-97,114H,31,36,39,42-43,60-68H2,1-30H3/p+1. The second-order valence-corrected chi connectivity index (χ2v) is 45.9. The predicted octanol–water partition coefficient (Wildman–Crippen LogP) is 27.3. The van der Waals surface area contributed by atoms with Gasteiger partial charge in [0, 0.05) is 78.9 Å². The van der Waals surface area contributed by atoms with Crippen LogP contribution >= 0.6 is 0 Å². The minimum Gasteiger partial charge on any atom is -0.508 e. The predicted molar refractivity (Wildman–Crippen MR) is 500 cm³/mol. The van der Waals surface area contributed by atoms with Gasteiger partial charge in [0.1, 0.15) is 30.4 Å². The van der Waals surface area contributed by atoms with Crippen molar-refractivity contribution in [1.29, 1.82) is 0 Å². The molecule has 13 heteroatoms. The van der Waals surface area contributed by atoms with E-state index in [-0.39, 0.29) is 104 Å². The Morgan fingerprint density at radius 1 is 0.557 bits per heavy atom. The number of hydrogen-bond donors (Lipinski definition) is 2. The fourth-order valence-corrected chi connectivity index (χ4v) is 21.3. The van der Waals surface area contributed by atoms with E-state index in [4.69, 9.17) is 37.9 Å². The maximum atomic E-state index is 12.7. The minimum atomic E-state index is -0.744. The molecule has 3 saturated heterocycles. The lowest BCUT2D eigenvalue weighted by atomic mass is 9.55. The summed E-state index contributed by atoms with van der Waals surface area (Å²) in [4.78, 5) is 14.9. The molecule has 11 unspecified atom stereocenters. The minimum absolute atomic E-state index is 0.0137. The van der Waals surface area contributed by atoms with Crippen molar-refractivity contribution in [1.82, 2.24) is 0 Å². The maximum Gasteiger partial charge on any atom is 0.302 e. The number of esters is 1. The molecule has 0 bridgehead atoms. The second-order valence-electron chi connectivity index (χ2n) is 45.9. The van der Waals surface area contributed by atoms with Crippen LogP contribution in [0.5, 0.6) is 11.5 Å². The number of likely N-dealkylation sites (N-methyl/N-ethyl adjacent to an activating group) is 1. The topological polar surface area (TPSA) is 138 Å². The van der Waals surface area contributed by atoms with Gasteiger partial charge >= 0.3 is 5.97 Å². The Morgan fingerprint density at radius 2 is 1.09 bits per heavy atom. The maximum absolute atomic E-state index is 12.7. The van der Waals surface area contributed by atoms with Gasteiger partial charge in [-0.2, -0.15) is 4.58 Å². The highest BCUT2D eigenvalue weighted by Crippen LogP contribution is 2.60. The van der Waals surface area contributed by atoms with E-state index in [1.807, 2.05) is 12.1 Å². The number of carbonyl (C=O) groups is 1. The van der Waals surface area contributed by atoms with E-state index in [1.54, 1.807) is 12.1 Å². The Hall–Kier alpha value is -6.94. The van der Waals surface area contributed by atoms with Gasteiger partial charge in [0.2, 0.25) is 5.69 Å². The van der Waals surface area contributed by atoms with Gasteiger partial charge in [0.05, 0.1) is 48.1 Å². The van der Waals surface area contributed by atoms with Crippen LogP contribution in [0.2, 0.25) is 0 Å². The number of nitrogens with zero attached hydrogens (tertiary/aromatic N) is 2. The number of phenols is 1. The molecule has 666 valence electrons. The highest BCUT2D eigenvalue weighted by atomic mass is 16.7. The van der Waals surface area contributed by atoms with Gasteiger partial charge in [-0.3, -0.25) is 4.79 Å². The average Bonchev–Trinajstić information content (AvgIpc) is 1.58. The van der Waals surface area contributed by atoms with Gasteiger partial charge in [0.15, 0.2) is 24.6 Å². The van der Waals surface area contributed by atoms with E-state index in [0.717, 1.165) is 86.8 Å². The Kier molecular flexibility index (Phi) is 27.0. The number of carbonyl (C=O) groups excluding carboxylic acids is 1. The molecule has 5 aliphatic heterocycles. The van der Waals surface area contributed by atoms with Crippen LogP contribution in [0.3, 0.4) is 0 Å². The number of phenolic OH excluding ortho intramolecular Hbond substituents is 1. The van der Waals surface area contributed by atoms with Crippen molar-refractivity contribution in [3.05, 3.63) is 190 Å². The van der Waals surface area contributed by atoms with E-state index in [2.05, 4.69) is 332 Å². The van der Waals surface area contributed by atoms with Crippen molar-refractivity contribution >= 4 is 44.6 Å². The summed E-state index contributed by atoms with van der Waals surface area (Å²) >= 11 is 0. The second kappa shape index (κ2) is 35.0. The molecule has 122 heavy (non-hydrogen) atoms. The number of fused-ring (bicyclic) bond motifs is 6. The molecule has 12 rings (SSSR count). The molecule has 0 radical (unpaired) electrons. The van der Waals surface area contributed by atoms with Crippen LogP contribution in [-0.2, 0) is 48.8 Å². The van der Waals surface area contributed by atoms with Crippen LogP contribution in [0, 0.1) is 54.1 Å². The summed E-state index contributed by atoms with van der Waals surface area (Å²) in [6, 6.07) is 42.5. The lowest BCUT2D eigenvalue weighted by Crippen LogP contribution is -2.55. The molecule has 0 amide bonds. The van der Waals surface area contributed by atoms with Gasteiger partial charge in [0.25, 0.3) is 0 Å². The summed E-state index contributed by atoms with van der Waals surface area (Å²) in [7, 11) is 4.43. The quantitative estimate of drug-likeness (QED) is 0.0357. The molecule has 2 N–H and O–H groups in total. The fraction of sp³-hybridized carbons (Fsp3) is 0.615. The van der Waals surface area contributed by atoms with E-state index in [9.17, 15) is 15.0 Å². The highest BCUT2D eigenvalue weighted by Gasteiger charge is 2.57. The van der Waals surface area contributed by atoms with Crippen molar-refractivity contribution in [3.63, 3.8) is 0 Å². The Morgan fingerprint density at radius 3 is 1.66 bits per heavy atom. The molecule has 6 aromatic rings. The number of ether oxygens (including phenoxy) is 8. The van der Waals surface area contributed by atoms with Gasteiger partial charge in [-0.05, 0) is 219 Å². The van der Waals surface area contributed by atoms with Crippen molar-refractivity contribution in [3.8, 4) is 11.5 Å². The molecular formula is C109H155N2O11+. The van der Waals surface area contributed by atoms with Gasteiger partial charge in [-0.15, -0.1) is 0 Å². The van der Waals surface area contributed by atoms with Crippen LogP contribution in [-0.4, -0.2) is 95.7 Å². The van der Waals surface area contributed by atoms with Crippen LogP contribution < -0.4 is 9.64 Å². The largest absolute Gasteiger partial charge is 0.508 e. The normalized spacial score (nSPS) is 24.8. The van der Waals surface area contributed by atoms with Crippen LogP contribution in [0.1, 0.15) is 319 Å². The molecule has 6 aromatic carbocycles. The first kappa shape index (κ1) is 94.2. The summed E-state index contributed by atoms with van der Waals surface area (Å²) in [5, 5.41) is 28.8. The van der Waals surface area contributed by atoms with Crippen LogP contribution in [0.25, 0.3) is 21.5 Å². The molecule has 0 aromatic heterocycles. The van der Waals surface area contributed by atoms with Crippen LogP contribution in [0.15, 0.2) is 168 Å². The van der Waals surface area contributed by atoms with E-state index >= 15 is 0 Å². The molecule has 11 atom stereocenters. The number of aliphatic hydroxyl groups excluding tert-OH is 1. The molecule has 0 spiro atoms. The number of rotatable bonds is 28. The zero-order chi connectivity index (χ0) is 89.4. The van der Waals surface area contributed by atoms with Gasteiger partial charge < -0.3 is 53.0 Å². The molecular weight excluding hydrogens is 1510 g/mol. The Labute approximate surface area is 735 Å². The molecule has 6 aliphatic rings. The van der Waals surface area contributed by atoms with Gasteiger partial charge in [-0.25, -0.2) is 0 Å². The van der Waals surface area contributed by atoms with Crippen molar-refractivity contribution in [2.45, 2.75) is 362 Å². The first-order chi connectivity index (χ1) is 56.6. The Balaban J connectivity index is 0.797. The van der Waals surface area contributed by atoms with E-state index in [1.165, 1.54) is 73.5 Å². The molecule has 13 nitrogen and oxygen atoms in total. The zero-order valence-corrected chi connectivity index (χ0v) is 80.6. The summed E-state index contributed by atoms with van der Waals surface area (Å²) in [5.74, 6) is 1.50. The van der Waals surface area contributed by atoms with Gasteiger partial charge in [-0.1, -0.05) is 264 Å². The monoisotopic (exact) mass is 1670 g/mol. The molecule has 3 fully saturated rings. The van der Waals surface area contributed by atoms with Crippen molar-refractivity contribution in [2.24, 2.45) is 54.1 Å². The smallest absolute Gasteiger partial charge is 0.302 e. The summed E-state index contributed by atoms with van der Waals surface area (Å²) < 4.78 is 59.6. The van der Waals surface area contributed by atoms with E-state index < -0.39 is 40.3 Å². The zero-order valence-electron chi connectivity index (χ0n) is 80.6. The number of benzene rings is 6. The first-order valence-corrected chi connectivity index (χ1v) is 46.2. The number of hydrogen-bond acceptors (Lipinski definition) is 12. The van der Waals surface area contributed by atoms with E-state index in [0.29, 0.717) is 25.7 Å². The molecule has 1 aliphatic carbocycles. The molecule has 5 heterocycles. The van der Waals surface area contributed by atoms with Crippen LogP contribution in [0.4, 0.5) is 11.4 Å². The third kappa shape index (κ3) is 19.5. The molecule has 0 saturated carbocycles. The summed E-state index contributed by atoms with van der Waals surface area (Å²) in [6.07, 6.45) is 16.3. The van der Waals surface area contributed by atoms with Crippen molar-refractivity contribution in [2.75, 3.05) is 19.0 Å². The number of allylic oxidation sites excluding steroid dienone is 7. The lowest BCUT2D eigenvalue weighted by Gasteiger charge is -2.55. The third-order valence-corrected chi connectivity index (χ3v) is 31.6. The SMILES string of the molecule is CCCC1OC(CC(C)(C)C(C)(C)C2CC(CC(C)(C)C)OC(c3cccc(OC4=C(/C=C/C5=[N+](C)c6ccc7ccccc7c6C5(C)C)CCC/C4=C\C=C4\N(C)c5ccc6ccccc6c5C4(C)C)c3)O2)CC(C(C)(C)C(C)(C)CC2CC(C(C)(C)C(C)(C)CC(O)C(C)(C)C(C)(C)CC(CC(C)(C)C)OC(C)=O)OC(c3cccc(O)c3)O2)O1. The fourth-order valence-electron chi connectivity index (χ4n) is 21.3. The summed E-state index contributed by atoms with van der Waals surface area (Å²) in [5.41, 5.74) is 7.80. The third-order valence-electron chi connectivity index (χ3n) is 31.6. The first-order valence-electron chi connectivity index (χ1n) is 46.2. The van der Waals surface area contributed by atoms with Crippen molar-refractivity contribution < 1.29 is 57.5 Å². The Bertz CT molecular complexity index is 4920. The average molecular weight is 1670 g/mol. The highest BCUT2D eigenvalue weighted by molar-refractivity contribution is 6.07. The number of aromatic hydroxyl groups is 1. The summed E-state index contributed by atoms with van der Waals surface area (Å²) in [6.45, 7) is 63.8.